The van der Waals surface area contributed by atoms with Gasteiger partial charge in [0.15, 0.2) is 0 Å². The van der Waals surface area contributed by atoms with E-state index >= 15 is 0 Å². The fourth-order valence-electron chi connectivity index (χ4n) is 10.1. The Bertz CT molecular complexity index is 2550. The van der Waals surface area contributed by atoms with E-state index in [-0.39, 0.29) is 42.4 Å². The molecule has 2 aliphatic heterocycles. The van der Waals surface area contributed by atoms with E-state index in [9.17, 15) is 5.11 Å². The Morgan fingerprint density at radius 1 is 0.721 bits per heavy atom. The van der Waals surface area contributed by atoms with Crippen molar-refractivity contribution in [2.75, 3.05) is 0 Å². The summed E-state index contributed by atoms with van der Waals surface area (Å²) in [7, 11) is 0. The third-order valence-corrected chi connectivity index (χ3v) is 14.6. The lowest BCUT2D eigenvalue weighted by Crippen LogP contribution is -2.52. The molecule has 0 amide bonds. The maximum absolute atomic E-state index is 11.3. The van der Waals surface area contributed by atoms with Crippen molar-refractivity contribution in [2.24, 2.45) is 28.8 Å². The molecule has 12 nitrogen and oxygen atoms in total. The molecular weight excluding hydrogens is 851 g/mol. The minimum absolute atomic E-state index is 0.0134. The van der Waals surface area contributed by atoms with E-state index in [0.29, 0.717) is 36.7 Å². The molecule has 1 N–H and O–H groups in total. The van der Waals surface area contributed by atoms with Crippen LogP contribution in [0.15, 0.2) is 133 Å². The summed E-state index contributed by atoms with van der Waals surface area (Å²) in [5.41, 5.74) is 18.3. The standard InChI is InChI=1S/C32H38N4O2.C24H31N3O3/c1-6-30-22(3)23(4)31(37-20-25-11-8-7-9-12-25)32(38-30)24(5)28-15-14-27(17-21(28)2)36-19-29(34-35-36)26-13-10-16-33-18-26;1-5-21-16(3)17(4)23(29-14-18-9-7-6-8-10-18)24(30-21)22(28)20-12-11-19(26-27-25)13-15(20)2/h7-19,22-24,30-32H,6,20H2,1-5H3;6-13,16-17,21-24,28H,5,14H2,1-4H3/t22-,23-,24+,30?,31?,32+;16-,17-,21?,22+,23?,24+/m00/s1. The predicted molar refractivity (Wildman–Crippen MR) is 267 cm³/mol. The van der Waals surface area contributed by atoms with Crippen molar-refractivity contribution in [2.45, 2.75) is 137 Å². The van der Waals surface area contributed by atoms with Gasteiger partial charge < -0.3 is 24.1 Å². The largest absolute Gasteiger partial charge is 0.386 e. The van der Waals surface area contributed by atoms with Gasteiger partial charge in [-0.15, -0.1) is 5.10 Å². The average molecular weight is 920 g/mol. The van der Waals surface area contributed by atoms with Crippen molar-refractivity contribution in [3.8, 4) is 16.9 Å². The van der Waals surface area contributed by atoms with Crippen molar-refractivity contribution >= 4 is 5.69 Å². The normalized spacial score (nSPS) is 25.6. The molecule has 12 heteroatoms. The van der Waals surface area contributed by atoms with Crippen LogP contribution in [0.4, 0.5) is 5.69 Å². The number of aromatic nitrogens is 4. The van der Waals surface area contributed by atoms with Gasteiger partial charge in [0.1, 0.15) is 17.9 Å². The molecule has 4 unspecified atom stereocenters. The van der Waals surface area contributed by atoms with Gasteiger partial charge in [-0.2, -0.15) is 0 Å². The highest BCUT2D eigenvalue weighted by molar-refractivity contribution is 5.56. The van der Waals surface area contributed by atoms with Crippen LogP contribution in [-0.2, 0) is 32.2 Å². The van der Waals surface area contributed by atoms with E-state index in [1.807, 2.05) is 72.4 Å². The highest BCUT2D eigenvalue weighted by Crippen LogP contribution is 2.42. The second-order valence-electron chi connectivity index (χ2n) is 18.8. The van der Waals surface area contributed by atoms with Gasteiger partial charge in [-0.05, 0) is 120 Å². The van der Waals surface area contributed by atoms with Crippen LogP contribution in [0.25, 0.3) is 27.4 Å². The fourth-order valence-corrected chi connectivity index (χ4v) is 10.1. The Balaban J connectivity index is 0.000000207. The molecule has 12 atom stereocenters. The summed E-state index contributed by atoms with van der Waals surface area (Å²) in [5.74, 6) is 1.57. The quantitative estimate of drug-likeness (QED) is 0.0608. The SMILES string of the molecule is CCC1O[C@H]([C@H](C)c2ccc(-n3cc(-c4cccnc4)nn3)cc2C)C(OCc2ccccc2)[C@@H](C)[C@@H]1C.CCC1O[C@H]([C@H](O)c2ccc(N=[N+]=[N-])cc2C)C(OCc2ccccc2)[C@@H](C)[C@@H]1C. The van der Waals surface area contributed by atoms with Gasteiger partial charge in [0.25, 0.3) is 0 Å². The number of aryl methyl sites for hydroxylation is 2. The molecule has 4 heterocycles. The fraction of sp³-hybridized carbons (Fsp3) is 0.446. The summed E-state index contributed by atoms with van der Waals surface area (Å²) in [6.45, 7) is 20.8. The number of hydrogen-bond donors (Lipinski definition) is 1. The Kier molecular flexibility index (Phi) is 17.4. The minimum Gasteiger partial charge on any atom is -0.386 e. The molecule has 2 saturated heterocycles. The summed E-state index contributed by atoms with van der Waals surface area (Å²) in [5, 5.41) is 23.7. The topological polar surface area (TPSA) is 150 Å². The summed E-state index contributed by atoms with van der Waals surface area (Å²) in [6, 6.07) is 36.2. The van der Waals surface area contributed by atoms with E-state index in [1.165, 1.54) is 16.7 Å². The molecule has 0 bridgehead atoms. The summed E-state index contributed by atoms with van der Waals surface area (Å²) >= 11 is 0. The van der Waals surface area contributed by atoms with Gasteiger partial charge in [0, 0.05) is 34.5 Å². The zero-order valence-corrected chi connectivity index (χ0v) is 41.1. The molecule has 0 aliphatic carbocycles. The zero-order chi connectivity index (χ0) is 48.3. The second-order valence-corrected chi connectivity index (χ2v) is 18.8. The molecule has 6 aromatic rings. The van der Waals surface area contributed by atoms with Crippen LogP contribution in [0, 0.1) is 37.5 Å². The zero-order valence-electron chi connectivity index (χ0n) is 41.1. The van der Waals surface area contributed by atoms with Crippen LogP contribution < -0.4 is 0 Å². The monoisotopic (exact) mass is 920 g/mol. The van der Waals surface area contributed by atoms with Crippen molar-refractivity contribution in [3.05, 3.63) is 172 Å². The first-order valence-electron chi connectivity index (χ1n) is 24.3. The van der Waals surface area contributed by atoms with Crippen molar-refractivity contribution in [3.63, 3.8) is 0 Å². The Morgan fingerprint density at radius 3 is 1.84 bits per heavy atom. The van der Waals surface area contributed by atoms with Gasteiger partial charge in [0.05, 0.1) is 55.6 Å². The lowest BCUT2D eigenvalue weighted by atomic mass is 9.76. The molecule has 4 aromatic carbocycles. The lowest BCUT2D eigenvalue weighted by Gasteiger charge is -2.47. The van der Waals surface area contributed by atoms with Gasteiger partial charge in [0.2, 0.25) is 0 Å². The van der Waals surface area contributed by atoms with Crippen LogP contribution in [-0.4, -0.2) is 61.7 Å². The van der Waals surface area contributed by atoms with Gasteiger partial charge in [-0.25, -0.2) is 4.68 Å². The number of pyridine rings is 1. The first kappa shape index (κ1) is 50.2. The number of azide groups is 1. The Morgan fingerprint density at radius 2 is 1.29 bits per heavy atom. The van der Waals surface area contributed by atoms with Crippen LogP contribution >= 0.6 is 0 Å². The molecule has 2 aromatic heterocycles. The maximum atomic E-state index is 11.3. The third kappa shape index (κ3) is 11.7. The van der Waals surface area contributed by atoms with Crippen molar-refractivity contribution in [1.82, 2.24) is 20.0 Å². The third-order valence-electron chi connectivity index (χ3n) is 14.6. The van der Waals surface area contributed by atoms with E-state index in [0.717, 1.165) is 46.5 Å². The summed E-state index contributed by atoms with van der Waals surface area (Å²) in [6.07, 6.45) is 6.12. The number of ether oxygens (including phenoxy) is 4. The van der Waals surface area contributed by atoms with Gasteiger partial charge >= 0.3 is 0 Å². The number of hydrogen-bond acceptors (Lipinski definition) is 9. The van der Waals surface area contributed by atoms with Gasteiger partial charge in [-0.3, -0.25) is 4.98 Å². The maximum Gasteiger partial charge on any atom is 0.115 e. The van der Waals surface area contributed by atoms with E-state index in [1.54, 1.807) is 24.5 Å². The molecule has 358 valence electrons. The highest BCUT2D eigenvalue weighted by atomic mass is 16.6. The van der Waals surface area contributed by atoms with Crippen LogP contribution in [0.5, 0.6) is 0 Å². The lowest BCUT2D eigenvalue weighted by molar-refractivity contribution is -0.220. The first-order valence-corrected chi connectivity index (χ1v) is 24.3. The predicted octanol–water partition coefficient (Wildman–Crippen LogP) is 12.8. The first-order chi connectivity index (χ1) is 32.9. The second kappa shape index (κ2) is 23.5. The molecule has 0 saturated carbocycles. The highest BCUT2D eigenvalue weighted by Gasteiger charge is 2.46. The summed E-state index contributed by atoms with van der Waals surface area (Å²) < 4.78 is 28.0. The minimum atomic E-state index is -0.838. The molecular formula is C56H69N7O5. The van der Waals surface area contributed by atoms with E-state index < -0.39 is 12.2 Å². The number of aliphatic hydroxyl groups excluding tert-OH is 1. The smallest absolute Gasteiger partial charge is 0.115 e. The van der Waals surface area contributed by atoms with E-state index in [2.05, 4.69) is 123 Å². The molecule has 2 aliphatic rings. The number of rotatable bonds is 15. The molecule has 8 rings (SSSR count). The average Bonchev–Trinajstić information content (AvgIpc) is 3.86. The van der Waals surface area contributed by atoms with E-state index in [4.69, 9.17) is 24.5 Å². The van der Waals surface area contributed by atoms with Crippen LogP contribution in [0.3, 0.4) is 0 Å². The number of aliphatic hydroxyl groups is 1. The molecule has 68 heavy (non-hydrogen) atoms. The molecule has 0 radical (unpaired) electrons. The van der Waals surface area contributed by atoms with Gasteiger partial charge in [-0.1, -0.05) is 138 Å². The molecule has 0 spiro atoms. The van der Waals surface area contributed by atoms with Crippen LogP contribution in [0.2, 0.25) is 0 Å². The van der Waals surface area contributed by atoms with Crippen molar-refractivity contribution in [1.29, 1.82) is 0 Å². The summed E-state index contributed by atoms with van der Waals surface area (Å²) in [4.78, 5) is 7.02. The number of nitrogens with zero attached hydrogens (tertiary/aromatic N) is 7. The Labute approximate surface area is 402 Å². The molecule has 2 fully saturated rings. The van der Waals surface area contributed by atoms with Crippen LogP contribution in [0.1, 0.15) is 107 Å². The number of benzene rings is 4. The van der Waals surface area contributed by atoms with Crippen molar-refractivity contribution < 1.29 is 24.1 Å². The Hall–Kier alpha value is -5.72.